The van der Waals surface area contributed by atoms with Crippen molar-refractivity contribution in [2.24, 2.45) is 0 Å². The first-order valence-corrected chi connectivity index (χ1v) is 6.43. The molecule has 1 rings (SSSR count). The molecule has 2 N–H and O–H groups in total. The molecule has 0 aliphatic rings. The van der Waals surface area contributed by atoms with Gasteiger partial charge in [0.1, 0.15) is 17.6 Å². The van der Waals surface area contributed by atoms with E-state index in [1.54, 1.807) is 0 Å². The summed E-state index contributed by atoms with van der Waals surface area (Å²) in [7, 11) is 0. The van der Waals surface area contributed by atoms with Crippen LogP contribution < -0.4 is 10.1 Å². The van der Waals surface area contributed by atoms with Crippen LogP contribution in [0.3, 0.4) is 0 Å². The van der Waals surface area contributed by atoms with Gasteiger partial charge in [0.05, 0.1) is 13.0 Å². The van der Waals surface area contributed by atoms with E-state index in [-0.39, 0.29) is 24.8 Å². The van der Waals surface area contributed by atoms with Crippen LogP contribution in [0.15, 0.2) is 24.3 Å². The summed E-state index contributed by atoms with van der Waals surface area (Å²) in [5.74, 6) is -1.32. The summed E-state index contributed by atoms with van der Waals surface area (Å²) in [6.45, 7) is 1.95. The minimum atomic E-state index is -1.04. The zero-order valence-corrected chi connectivity index (χ0v) is 11.3. The Labute approximate surface area is 116 Å². The van der Waals surface area contributed by atoms with E-state index >= 15 is 0 Å². The first kappa shape index (κ1) is 15.9. The van der Waals surface area contributed by atoms with Crippen LogP contribution in [-0.2, 0) is 9.59 Å². The molecule has 5 nitrogen and oxygen atoms in total. The molecule has 0 aliphatic heterocycles. The summed E-state index contributed by atoms with van der Waals surface area (Å²) < 4.78 is 17.9. The van der Waals surface area contributed by atoms with Gasteiger partial charge < -0.3 is 15.2 Å². The highest BCUT2D eigenvalue weighted by molar-refractivity contribution is 5.83. The summed E-state index contributed by atoms with van der Waals surface area (Å²) in [6.07, 6.45) is 1.11. The summed E-state index contributed by atoms with van der Waals surface area (Å²) in [5.41, 5.74) is 0. The van der Waals surface area contributed by atoms with E-state index in [1.165, 1.54) is 24.3 Å². The Morgan fingerprint density at radius 2 is 2.00 bits per heavy atom. The lowest BCUT2D eigenvalue weighted by molar-refractivity contribution is -0.142. The molecule has 1 aromatic carbocycles. The van der Waals surface area contributed by atoms with Gasteiger partial charge in [-0.3, -0.25) is 4.79 Å². The van der Waals surface area contributed by atoms with Gasteiger partial charge in [0.2, 0.25) is 5.91 Å². The van der Waals surface area contributed by atoms with E-state index in [9.17, 15) is 14.0 Å². The molecule has 1 aromatic rings. The average molecular weight is 283 g/mol. The number of halogens is 1. The Balaban J connectivity index is 2.32. The fraction of sp³-hybridized carbons (Fsp3) is 0.429. The summed E-state index contributed by atoms with van der Waals surface area (Å²) in [6, 6.07) is 4.58. The summed E-state index contributed by atoms with van der Waals surface area (Å²) >= 11 is 0. The first-order valence-electron chi connectivity index (χ1n) is 6.43. The maximum absolute atomic E-state index is 12.7. The minimum absolute atomic E-state index is 0.0465. The second-order valence-electron chi connectivity index (χ2n) is 4.30. The van der Waals surface area contributed by atoms with Crippen molar-refractivity contribution >= 4 is 11.9 Å². The van der Waals surface area contributed by atoms with Crippen LogP contribution in [0.2, 0.25) is 0 Å². The maximum Gasteiger partial charge on any atom is 0.326 e. The SMILES string of the molecule is CCC[C@H](NC(=O)CCOc1ccc(F)cc1)C(=O)O. The van der Waals surface area contributed by atoms with E-state index in [4.69, 9.17) is 9.84 Å². The van der Waals surface area contributed by atoms with Crippen molar-refractivity contribution in [2.75, 3.05) is 6.61 Å². The summed E-state index contributed by atoms with van der Waals surface area (Å²) in [5, 5.41) is 11.3. The Bertz CT molecular complexity index is 447. The lowest BCUT2D eigenvalue weighted by Gasteiger charge is -2.13. The minimum Gasteiger partial charge on any atom is -0.493 e. The zero-order valence-electron chi connectivity index (χ0n) is 11.3. The molecule has 0 saturated heterocycles. The van der Waals surface area contributed by atoms with Crippen molar-refractivity contribution in [1.29, 1.82) is 0 Å². The highest BCUT2D eigenvalue weighted by atomic mass is 19.1. The molecule has 0 fully saturated rings. The number of hydrogen-bond acceptors (Lipinski definition) is 3. The van der Waals surface area contributed by atoms with Crippen molar-refractivity contribution in [3.05, 3.63) is 30.1 Å². The number of amides is 1. The smallest absolute Gasteiger partial charge is 0.326 e. The molecular formula is C14H18FNO4. The number of benzene rings is 1. The highest BCUT2D eigenvalue weighted by Crippen LogP contribution is 2.11. The Kier molecular flexibility index (Phi) is 6.49. The molecule has 20 heavy (non-hydrogen) atoms. The fourth-order valence-electron chi connectivity index (χ4n) is 1.60. The molecule has 0 saturated carbocycles. The molecule has 0 spiro atoms. The van der Waals surface area contributed by atoms with Crippen molar-refractivity contribution in [3.63, 3.8) is 0 Å². The molecule has 0 heterocycles. The van der Waals surface area contributed by atoms with Crippen molar-refractivity contribution < 1.29 is 23.8 Å². The number of carbonyl (C=O) groups is 2. The number of carboxylic acids is 1. The first-order chi connectivity index (χ1) is 9.52. The van der Waals surface area contributed by atoms with E-state index in [2.05, 4.69) is 5.32 Å². The number of aliphatic carboxylic acids is 1. The molecule has 0 bridgehead atoms. The number of ether oxygens (including phenoxy) is 1. The van der Waals surface area contributed by atoms with Gasteiger partial charge in [-0.2, -0.15) is 0 Å². The van der Waals surface area contributed by atoms with Crippen LogP contribution >= 0.6 is 0 Å². The summed E-state index contributed by atoms with van der Waals surface area (Å²) in [4.78, 5) is 22.4. The van der Waals surface area contributed by atoms with Gasteiger partial charge >= 0.3 is 5.97 Å². The monoisotopic (exact) mass is 283 g/mol. The molecule has 1 atom stereocenters. The highest BCUT2D eigenvalue weighted by Gasteiger charge is 2.18. The number of rotatable bonds is 8. The predicted octanol–water partition coefficient (Wildman–Crippen LogP) is 1.96. The quantitative estimate of drug-likeness (QED) is 0.764. The third-order valence-electron chi connectivity index (χ3n) is 2.62. The van der Waals surface area contributed by atoms with E-state index in [1.807, 2.05) is 6.92 Å². The number of hydrogen-bond donors (Lipinski definition) is 2. The molecule has 0 aromatic heterocycles. The van der Waals surface area contributed by atoms with E-state index in [0.717, 1.165) is 0 Å². The largest absolute Gasteiger partial charge is 0.493 e. The van der Waals surface area contributed by atoms with Crippen LogP contribution in [0.1, 0.15) is 26.2 Å². The number of nitrogens with one attached hydrogen (secondary N) is 1. The number of carboxylic acid groups (broad SMARTS) is 1. The van der Waals surface area contributed by atoms with Gasteiger partial charge in [-0.15, -0.1) is 0 Å². The fourth-order valence-corrected chi connectivity index (χ4v) is 1.60. The molecule has 0 aliphatic carbocycles. The van der Waals surface area contributed by atoms with Crippen LogP contribution in [0.25, 0.3) is 0 Å². The van der Waals surface area contributed by atoms with Gasteiger partial charge in [-0.1, -0.05) is 13.3 Å². The number of carbonyl (C=O) groups excluding carboxylic acids is 1. The van der Waals surface area contributed by atoms with Gasteiger partial charge in [-0.05, 0) is 30.7 Å². The van der Waals surface area contributed by atoms with Gasteiger partial charge in [0.25, 0.3) is 0 Å². The Hall–Kier alpha value is -2.11. The van der Waals surface area contributed by atoms with Gasteiger partial charge in [-0.25, -0.2) is 9.18 Å². The third-order valence-corrected chi connectivity index (χ3v) is 2.62. The normalized spacial score (nSPS) is 11.7. The van der Waals surface area contributed by atoms with E-state index < -0.39 is 12.0 Å². The molecular weight excluding hydrogens is 265 g/mol. The van der Waals surface area contributed by atoms with Crippen LogP contribution in [-0.4, -0.2) is 29.6 Å². The van der Waals surface area contributed by atoms with Gasteiger partial charge in [0.15, 0.2) is 0 Å². The second-order valence-corrected chi connectivity index (χ2v) is 4.30. The molecule has 0 unspecified atom stereocenters. The average Bonchev–Trinajstić information content (AvgIpc) is 2.40. The van der Waals surface area contributed by atoms with Crippen molar-refractivity contribution in [3.8, 4) is 5.75 Å². The molecule has 1 amide bonds. The third kappa shape index (κ3) is 5.69. The van der Waals surface area contributed by atoms with Crippen LogP contribution in [0.4, 0.5) is 4.39 Å². The standard InChI is InChI=1S/C14H18FNO4/c1-2-3-12(14(18)19)16-13(17)8-9-20-11-6-4-10(15)5-7-11/h4-7,12H,2-3,8-9H2,1H3,(H,16,17)(H,18,19)/t12-/m0/s1. The lowest BCUT2D eigenvalue weighted by Crippen LogP contribution is -2.41. The van der Waals surface area contributed by atoms with Crippen molar-refractivity contribution in [2.45, 2.75) is 32.2 Å². The molecule has 0 radical (unpaired) electrons. The molecule has 6 heteroatoms. The zero-order chi connectivity index (χ0) is 15.0. The molecule has 110 valence electrons. The topological polar surface area (TPSA) is 75.6 Å². The van der Waals surface area contributed by atoms with E-state index in [0.29, 0.717) is 18.6 Å². The van der Waals surface area contributed by atoms with Crippen LogP contribution in [0, 0.1) is 5.82 Å². The Morgan fingerprint density at radius 3 is 2.55 bits per heavy atom. The van der Waals surface area contributed by atoms with Gasteiger partial charge in [0, 0.05) is 0 Å². The Morgan fingerprint density at radius 1 is 1.35 bits per heavy atom. The van der Waals surface area contributed by atoms with Crippen LogP contribution in [0.5, 0.6) is 5.75 Å². The predicted molar refractivity (Wildman–Crippen MR) is 71.0 cm³/mol. The lowest BCUT2D eigenvalue weighted by atomic mass is 10.1. The van der Waals surface area contributed by atoms with Crippen molar-refractivity contribution in [1.82, 2.24) is 5.32 Å². The maximum atomic E-state index is 12.7. The second kappa shape index (κ2) is 8.14.